The Bertz CT molecular complexity index is 466. The number of ether oxygens (including phenoxy) is 2. The Morgan fingerprint density at radius 1 is 0.840 bits per heavy atom. The van der Waals surface area contributed by atoms with Crippen molar-refractivity contribution < 1.29 is 19.1 Å². The summed E-state index contributed by atoms with van der Waals surface area (Å²) in [5.74, 6) is 0.960. The lowest BCUT2D eigenvalue weighted by Crippen LogP contribution is -2.10. The SMILES string of the molecule is CC(C)CCOC(=O)Cc1ccccc1.CCC(=O)OCCC(C)C. The first-order valence-corrected chi connectivity index (χ1v) is 9.20. The van der Waals surface area contributed by atoms with Gasteiger partial charge in [0.2, 0.25) is 0 Å². The van der Waals surface area contributed by atoms with E-state index in [1.54, 1.807) is 6.92 Å². The second-order valence-electron chi connectivity index (χ2n) is 6.82. The van der Waals surface area contributed by atoms with E-state index >= 15 is 0 Å². The third-order valence-electron chi connectivity index (χ3n) is 3.40. The molecule has 0 N–H and O–H groups in total. The quantitative estimate of drug-likeness (QED) is 0.600. The Morgan fingerprint density at radius 3 is 1.76 bits per heavy atom. The highest BCUT2D eigenvalue weighted by Gasteiger charge is 2.04. The van der Waals surface area contributed by atoms with E-state index in [1.165, 1.54) is 0 Å². The van der Waals surface area contributed by atoms with Gasteiger partial charge in [0, 0.05) is 6.42 Å². The average molecular weight is 350 g/mol. The third-order valence-corrected chi connectivity index (χ3v) is 3.40. The first kappa shape index (κ1) is 23.2. The molecule has 1 aromatic carbocycles. The van der Waals surface area contributed by atoms with E-state index in [-0.39, 0.29) is 11.9 Å². The summed E-state index contributed by atoms with van der Waals surface area (Å²) in [5, 5.41) is 0. The van der Waals surface area contributed by atoms with Gasteiger partial charge >= 0.3 is 11.9 Å². The molecule has 0 aliphatic rings. The summed E-state index contributed by atoms with van der Waals surface area (Å²) in [6.45, 7) is 11.4. The van der Waals surface area contributed by atoms with Gasteiger partial charge in [-0.3, -0.25) is 9.59 Å². The highest BCUT2D eigenvalue weighted by atomic mass is 16.5. The van der Waals surface area contributed by atoms with Crippen molar-refractivity contribution in [2.75, 3.05) is 13.2 Å². The van der Waals surface area contributed by atoms with Crippen LogP contribution in [0.2, 0.25) is 0 Å². The highest BCUT2D eigenvalue weighted by molar-refractivity contribution is 5.72. The molecule has 0 heterocycles. The summed E-state index contributed by atoms with van der Waals surface area (Å²) in [4.78, 5) is 21.9. The van der Waals surface area contributed by atoms with Crippen LogP contribution >= 0.6 is 0 Å². The maximum Gasteiger partial charge on any atom is 0.310 e. The van der Waals surface area contributed by atoms with E-state index in [0.29, 0.717) is 37.9 Å². The molecule has 0 atom stereocenters. The Kier molecular flexibility index (Phi) is 13.4. The number of rotatable bonds is 9. The van der Waals surface area contributed by atoms with Crippen LogP contribution in [0.5, 0.6) is 0 Å². The van der Waals surface area contributed by atoms with Crippen LogP contribution in [0.15, 0.2) is 30.3 Å². The molecule has 0 amide bonds. The van der Waals surface area contributed by atoms with Gasteiger partial charge in [0.05, 0.1) is 19.6 Å². The van der Waals surface area contributed by atoms with Crippen LogP contribution in [0.4, 0.5) is 0 Å². The van der Waals surface area contributed by atoms with Crippen LogP contribution < -0.4 is 0 Å². The van der Waals surface area contributed by atoms with Gasteiger partial charge in [-0.1, -0.05) is 65.0 Å². The smallest absolute Gasteiger partial charge is 0.310 e. The summed E-state index contributed by atoms with van der Waals surface area (Å²) in [5.41, 5.74) is 1.01. The molecular weight excluding hydrogens is 316 g/mol. The molecule has 0 aliphatic heterocycles. The van der Waals surface area contributed by atoms with Crippen molar-refractivity contribution in [3.8, 4) is 0 Å². The molecule has 4 nitrogen and oxygen atoms in total. The summed E-state index contributed by atoms with van der Waals surface area (Å²) < 4.78 is 9.98. The fourth-order valence-electron chi connectivity index (χ4n) is 1.73. The molecule has 0 radical (unpaired) electrons. The van der Waals surface area contributed by atoms with Crippen LogP contribution in [0, 0.1) is 11.8 Å². The summed E-state index contributed by atoms with van der Waals surface area (Å²) >= 11 is 0. The minimum absolute atomic E-state index is 0.0966. The zero-order valence-corrected chi connectivity index (χ0v) is 16.4. The second-order valence-corrected chi connectivity index (χ2v) is 6.82. The van der Waals surface area contributed by atoms with Gasteiger partial charge in [-0.25, -0.2) is 0 Å². The zero-order valence-electron chi connectivity index (χ0n) is 16.4. The number of carbonyl (C=O) groups excluding carboxylic acids is 2. The highest BCUT2D eigenvalue weighted by Crippen LogP contribution is 2.03. The molecule has 0 aromatic heterocycles. The van der Waals surface area contributed by atoms with Crippen molar-refractivity contribution in [3.63, 3.8) is 0 Å². The fraction of sp³-hybridized carbons (Fsp3) is 0.619. The van der Waals surface area contributed by atoms with Gasteiger partial charge in [-0.15, -0.1) is 0 Å². The van der Waals surface area contributed by atoms with Gasteiger partial charge < -0.3 is 9.47 Å². The van der Waals surface area contributed by atoms with Crippen LogP contribution in [-0.4, -0.2) is 25.2 Å². The van der Waals surface area contributed by atoms with Crippen molar-refractivity contribution in [1.29, 1.82) is 0 Å². The Labute approximate surface area is 152 Å². The minimum atomic E-state index is -0.137. The number of benzene rings is 1. The molecule has 25 heavy (non-hydrogen) atoms. The number of hydrogen-bond acceptors (Lipinski definition) is 4. The van der Waals surface area contributed by atoms with Gasteiger partial charge in [0.1, 0.15) is 0 Å². The number of hydrogen-bond donors (Lipinski definition) is 0. The zero-order chi connectivity index (χ0) is 19.1. The topological polar surface area (TPSA) is 52.6 Å². The molecule has 0 saturated heterocycles. The maximum absolute atomic E-state index is 11.4. The van der Waals surface area contributed by atoms with Crippen LogP contribution in [0.3, 0.4) is 0 Å². The van der Waals surface area contributed by atoms with Gasteiger partial charge in [-0.05, 0) is 30.2 Å². The Morgan fingerprint density at radius 2 is 1.32 bits per heavy atom. The van der Waals surface area contributed by atoms with Crippen molar-refractivity contribution >= 4 is 11.9 Å². The Hall–Kier alpha value is -1.84. The maximum atomic E-state index is 11.4. The Balaban J connectivity index is 0.000000504. The van der Waals surface area contributed by atoms with Gasteiger partial charge in [-0.2, -0.15) is 0 Å². The lowest BCUT2D eigenvalue weighted by atomic mass is 10.1. The number of carbonyl (C=O) groups is 2. The largest absolute Gasteiger partial charge is 0.466 e. The van der Waals surface area contributed by atoms with E-state index < -0.39 is 0 Å². The van der Waals surface area contributed by atoms with E-state index in [0.717, 1.165) is 18.4 Å². The first-order valence-electron chi connectivity index (χ1n) is 9.20. The lowest BCUT2D eigenvalue weighted by molar-refractivity contribution is -0.144. The normalized spacial score (nSPS) is 10.2. The number of esters is 2. The molecule has 0 unspecified atom stereocenters. The van der Waals surface area contributed by atoms with Crippen molar-refractivity contribution in [2.24, 2.45) is 11.8 Å². The summed E-state index contributed by atoms with van der Waals surface area (Å²) in [6.07, 6.45) is 2.75. The molecule has 0 bridgehead atoms. The molecule has 1 aromatic rings. The van der Waals surface area contributed by atoms with Crippen LogP contribution in [0.25, 0.3) is 0 Å². The van der Waals surface area contributed by atoms with Crippen molar-refractivity contribution in [3.05, 3.63) is 35.9 Å². The average Bonchev–Trinajstić information content (AvgIpc) is 2.55. The van der Waals surface area contributed by atoms with Crippen LogP contribution in [-0.2, 0) is 25.5 Å². The van der Waals surface area contributed by atoms with Gasteiger partial charge in [0.15, 0.2) is 0 Å². The molecule has 0 fully saturated rings. The van der Waals surface area contributed by atoms with Gasteiger partial charge in [0.25, 0.3) is 0 Å². The molecule has 0 spiro atoms. The van der Waals surface area contributed by atoms with Crippen molar-refractivity contribution in [2.45, 2.75) is 60.3 Å². The molecule has 0 saturated carbocycles. The van der Waals surface area contributed by atoms with E-state index in [4.69, 9.17) is 9.47 Å². The van der Waals surface area contributed by atoms with Crippen molar-refractivity contribution in [1.82, 2.24) is 0 Å². The first-order chi connectivity index (χ1) is 11.8. The molecule has 0 aliphatic carbocycles. The lowest BCUT2D eigenvalue weighted by Gasteiger charge is -2.06. The summed E-state index contributed by atoms with van der Waals surface area (Å²) in [7, 11) is 0. The molecule has 4 heteroatoms. The predicted molar refractivity (Wildman–Crippen MR) is 101 cm³/mol. The minimum Gasteiger partial charge on any atom is -0.466 e. The van der Waals surface area contributed by atoms with E-state index in [2.05, 4.69) is 27.7 Å². The fourth-order valence-corrected chi connectivity index (χ4v) is 1.73. The molecule has 142 valence electrons. The molecule has 1 rings (SSSR count). The molecular formula is C21H34O4. The summed E-state index contributed by atoms with van der Waals surface area (Å²) in [6, 6.07) is 9.66. The van der Waals surface area contributed by atoms with E-state index in [1.807, 2.05) is 30.3 Å². The second kappa shape index (κ2) is 14.5. The van der Waals surface area contributed by atoms with Crippen LogP contribution in [0.1, 0.15) is 59.4 Å². The predicted octanol–water partition coefficient (Wildman–Crippen LogP) is 4.80. The monoisotopic (exact) mass is 350 g/mol. The third kappa shape index (κ3) is 15.4. The standard InChI is InChI=1S/C13H18O2.C8H16O2/c1-11(2)8-9-15-13(14)10-12-6-4-3-5-7-12;1-4-8(9)10-6-5-7(2)3/h3-7,11H,8-10H2,1-2H3;7H,4-6H2,1-3H3. The van der Waals surface area contributed by atoms with E-state index in [9.17, 15) is 9.59 Å².